The van der Waals surface area contributed by atoms with E-state index in [1.54, 1.807) is 0 Å². The molecule has 1 saturated heterocycles. The molecule has 1 aromatic rings. The zero-order chi connectivity index (χ0) is 8.39. The van der Waals surface area contributed by atoms with E-state index in [4.69, 9.17) is 0 Å². The van der Waals surface area contributed by atoms with Crippen LogP contribution in [0.5, 0.6) is 0 Å². The first kappa shape index (κ1) is 8.10. The number of nitrogens with zero attached hydrogens (tertiary/aromatic N) is 2. The first-order valence-electron chi connectivity index (χ1n) is 4.37. The van der Waals surface area contributed by atoms with Gasteiger partial charge in [0, 0.05) is 0 Å². The van der Waals surface area contributed by atoms with Gasteiger partial charge in [0.15, 0.2) is 5.82 Å². The summed E-state index contributed by atoms with van der Waals surface area (Å²) in [7, 11) is 0. The number of rotatable bonds is 1. The maximum absolute atomic E-state index is 4.35. The van der Waals surface area contributed by atoms with Crippen molar-refractivity contribution in [3.05, 3.63) is 11.6 Å². The van der Waals surface area contributed by atoms with Gasteiger partial charge in [-0.3, -0.25) is 5.10 Å². The van der Waals surface area contributed by atoms with E-state index in [-0.39, 0.29) is 0 Å². The summed E-state index contributed by atoms with van der Waals surface area (Å²) in [5.74, 6) is 3.19. The fourth-order valence-corrected chi connectivity index (χ4v) is 2.69. The minimum Gasteiger partial charge on any atom is -0.263 e. The van der Waals surface area contributed by atoms with Gasteiger partial charge >= 0.3 is 0 Å². The highest BCUT2D eigenvalue weighted by atomic mass is 32.2. The molecule has 4 heteroatoms. The molecule has 0 spiro atoms. The molecule has 0 saturated carbocycles. The van der Waals surface area contributed by atoms with Gasteiger partial charge in [0.05, 0.1) is 5.25 Å². The third-order valence-electron chi connectivity index (χ3n) is 2.08. The highest BCUT2D eigenvalue weighted by Gasteiger charge is 2.19. The van der Waals surface area contributed by atoms with Crippen molar-refractivity contribution in [1.29, 1.82) is 0 Å². The Kier molecular flexibility index (Phi) is 2.35. The van der Waals surface area contributed by atoms with Crippen LogP contribution in [0, 0.1) is 6.92 Å². The van der Waals surface area contributed by atoms with Gasteiger partial charge in [-0.15, -0.1) is 0 Å². The van der Waals surface area contributed by atoms with E-state index in [0.29, 0.717) is 5.25 Å². The molecule has 66 valence electrons. The summed E-state index contributed by atoms with van der Waals surface area (Å²) in [6.07, 6.45) is 3.91. The van der Waals surface area contributed by atoms with Gasteiger partial charge < -0.3 is 0 Å². The topological polar surface area (TPSA) is 41.6 Å². The quantitative estimate of drug-likeness (QED) is 0.724. The van der Waals surface area contributed by atoms with Crippen LogP contribution in [0.4, 0.5) is 0 Å². The van der Waals surface area contributed by atoms with Gasteiger partial charge in [-0.05, 0) is 25.5 Å². The van der Waals surface area contributed by atoms with Gasteiger partial charge in [0.2, 0.25) is 0 Å². The molecule has 12 heavy (non-hydrogen) atoms. The predicted molar refractivity (Wildman–Crippen MR) is 50.2 cm³/mol. The fourth-order valence-electron chi connectivity index (χ4n) is 1.45. The minimum absolute atomic E-state index is 0.545. The third-order valence-corrected chi connectivity index (χ3v) is 3.46. The van der Waals surface area contributed by atoms with Crippen LogP contribution in [0.2, 0.25) is 0 Å². The number of aromatic nitrogens is 3. The maximum Gasteiger partial charge on any atom is 0.163 e. The number of aromatic amines is 1. The van der Waals surface area contributed by atoms with Gasteiger partial charge in [0.1, 0.15) is 5.82 Å². The van der Waals surface area contributed by atoms with Crippen LogP contribution in [0.1, 0.15) is 36.2 Å². The molecule has 1 unspecified atom stereocenters. The van der Waals surface area contributed by atoms with E-state index in [0.717, 1.165) is 11.6 Å². The smallest absolute Gasteiger partial charge is 0.163 e. The number of aryl methyl sites for hydroxylation is 1. The lowest BCUT2D eigenvalue weighted by molar-refractivity contribution is 0.664. The zero-order valence-electron chi connectivity index (χ0n) is 7.21. The molecule has 0 bridgehead atoms. The van der Waals surface area contributed by atoms with Crippen LogP contribution >= 0.6 is 11.8 Å². The van der Waals surface area contributed by atoms with Crippen molar-refractivity contribution in [3.63, 3.8) is 0 Å². The number of nitrogens with one attached hydrogen (secondary N) is 1. The SMILES string of the molecule is Cc1nc(C2CCCCS2)n[nH]1. The standard InChI is InChI=1S/C8H13N3S/c1-6-9-8(11-10-6)7-4-2-3-5-12-7/h7H,2-5H2,1H3,(H,9,10,11). The number of hydrogen-bond acceptors (Lipinski definition) is 3. The Morgan fingerprint density at radius 1 is 1.50 bits per heavy atom. The highest BCUT2D eigenvalue weighted by molar-refractivity contribution is 7.99. The molecule has 1 aliphatic heterocycles. The van der Waals surface area contributed by atoms with E-state index in [1.165, 1.54) is 25.0 Å². The van der Waals surface area contributed by atoms with Crippen LogP contribution in [0.15, 0.2) is 0 Å². The summed E-state index contributed by atoms with van der Waals surface area (Å²) in [5, 5.41) is 7.62. The van der Waals surface area contributed by atoms with E-state index in [9.17, 15) is 0 Å². The monoisotopic (exact) mass is 183 g/mol. The summed E-state index contributed by atoms with van der Waals surface area (Å²) < 4.78 is 0. The first-order chi connectivity index (χ1) is 5.86. The molecule has 0 aromatic carbocycles. The molecule has 0 aliphatic carbocycles. The minimum atomic E-state index is 0.545. The molecule has 2 heterocycles. The summed E-state index contributed by atoms with van der Waals surface area (Å²) in [5.41, 5.74) is 0. The maximum atomic E-state index is 4.35. The predicted octanol–water partition coefficient (Wildman–Crippen LogP) is 2.07. The van der Waals surface area contributed by atoms with Gasteiger partial charge in [0.25, 0.3) is 0 Å². The van der Waals surface area contributed by atoms with Crippen molar-refractivity contribution in [2.75, 3.05) is 5.75 Å². The molecular weight excluding hydrogens is 170 g/mol. The van der Waals surface area contributed by atoms with Crippen molar-refractivity contribution in [2.24, 2.45) is 0 Å². The lowest BCUT2D eigenvalue weighted by Crippen LogP contribution is -2.03. The van der Waals surface area contributed by atoms with Crippen LogP contribution < -0.4 is 0 Å². The molecule has 1 fully saturated rings. The lowest BCUT2D eigenvalue weighted by Gasteiger charge is -2.17. The second-order valence-corrected chi connectivity index (χ2v) is 4.44. The third kappa shape index (κ3) is 1.63. The Labute approximate surface area is 76.4 Å². The molecule has 3 nitrogen and oxygen atoms in total. The summed E-state index contributed by atoms with van der Waals surface area (Å²) in [4.78, 5) is 4.35. The van der Waals surface area contributed by atoms with Gasteiger partial charge in [-0.1, -0.05) is 6.42 Å². The molecule has 2 rings (SSSR count). The lowest BCUT2D eigenvalue weighted by atomic mass is 10.2. The molecule has 1 N–H and O–H groups in total. The molecule has 0 radical (unpaired) electrons. The van der Waals surface area contributed by atoms with Crippen molar-refractivity contribution in [3.8, 4) is 0 Å². The Hall–Kier alpha value is -0.510. The van der Waals surface area contributed by atoms with Crippen molar-refractivity contribution in [1.82, 2.24) is 15.2 Å². The first-order valence-corrected chi connectivity index (χ1v) is 5.41. The highest BCUT2D eigenvalue weighted by Crippen LogP contribution is 2.36. The van der Waals surface area contributed by atoms with Crippen LogP contribution in [-0.4, -0.2) is 20.9 Å². The Morgan fingerprint density at radius 2 is 2.42 bits per heavy atom. The second kappa shape index (κ2) is 3.47. The van der Waals surface area contributed by atoms with Crippen molar-refractivity contribution in [2.45, 2.75) is 31.4 Å². The van der Waals surface area contributed by atoms with E-state index in [2.05, 4.69) is 15.2 Å². The van der Waals surface area contributed by atoms with Crippen LogP contribution in [0.25, 0.3) is 0 Å². The Balaban J connectivity index is 2.08. The van der Waals surface area contributed by atoms with Crippen molar-refractivity contribution < 1.29 is 0 Å². The van der Waals surface area contributed by atoms with E-state index >= 15 is 0 Å². The number of thioether (sulfide) groups is 1. The fraction of sp³-hybridized carbons (Fsp3) is 0.750. The van der Waals surface area contributed by atoms with Crippen LogP contribution in [-0.2, 0) is 0 Å². The Bertz CT molecular complexity index is 253. The van der Waals surface area contributed by atoms with E-state index in [1.807, 2.05) is 18.7 Å². The second-order valence-electron chi connectivity index (χ2n) is 3.13. The molecular formula is C8H13N3S. The Morgan fingerprint density at radius 3 is 3.00 bits per heavy atom. The van der Waals surface area contributed by atoms with Crippen LogP contribution in [0.3, 0.4) is 0 Å². The normalized spacial score (nSPS) is 24.2. The van der Waals surface area contributed by atoms with Crippen molar-refractivity contribution >= 4 is 11.8 Å². The summed E-state index contributed by atoms with van der Waals surface area (Å²) in [6.45, 7) is 1.95. The number of H-pyrrole nitrogens is 1. The zero-order valence-corrected chi connectivity index (χ0v) is 8.02. The van der Waals surface area contributed by atoms with Gasteiger partial charge in [-0.2, -0.15) is 16.9 Å². The summed E-state index contributed by atoms with van der Waals surface area (Å²) in [6, 6.07) is 0. The molecule has 0 amide bonds. The molecule has 1 aliphatic rings. The largest absolute Gasteiger partial charge is 0.263 e. The number of hydrogen-bond donors (Lipinski definition) is 1. The molecule has 1 atom stereocenters. The average Bonchev–Trinajstić information content (AvgIpc) is 2.54. The molecule has 1 aromatic heterocycles. The summed E-state index contributed by atoms with van der Waals surface area (Å²) >= 11 is 1.98. The average molecular weight is 183 g/mol. The van der Waals surface area contributed by atoms with E-state index < -0.39 is 0 Å². The van der Waals surface area contributed by atoms with Gasteiger partial charge in [-0.25, -0.2) is 4.98 Å².